The van der Waals surface area contributed by atoms with Gasteiger partial charge in [-0.15, -0.1) is 0 Å². The maximum Gasteiger partial charge on any atom is 0.411 e. The molecule has 1 amide bonds. The van der Waals surface area contributed by atoms with Gasteiger partial charge >= 0.3 is 6.18 Å². The molecule has 122 valence electrons. The summed E-state index contributed by atoms with van der Waals surface area (Å²) in [5.74, 6) is 0.0714. The minimum absolute atomic E-state index is 0.114. The van der Waals surface area contributed by atoms with Gasteiger partial charge in [-0.2, -0.15) is 13.2 Å². The van der Waals surface area contributed by atoms with E-state index in [1.165, 1.54) is 11.0 Å². The van der Waals surface area contributed by atoms with Crippen molar-refractivity contribution in [1.82, 2.24) is 10.1 Å². The van der Waals surface area contributed by atoms with Crippen LogP contribution in [0.4, 0.5) is 13.2 Å². The van der Waals surface area contributed by atoms with Gasteiger partial charge in [0.25, 0.3) is 5.91 Å². The summed E-state index contributed by atoms with van der Waals surface area (Å²) in [6, 6.07) is 10.7. The number of halogens is 3. The summed E-state index contributed by atoms with van der Waals surface area (Å²) in [5.41, 5.74) is 0.909. The number of hydrogen-bond donors (Lipinski definition) is 0. The molecule has 0 radical (unpaired) electrons. The van der Waals surface area contributed by atoms with Crippen LogP contribution in [-0.2, 0) is 4.74 Å². The molecular formula is C15H13F3N2O3. The molecule has 0 bridgehead atoms. The Balaban J connectivity index is 1.55. The van der Waals surface area contributed by atoms with Crippen molar-refractivity contribution in [2.75, 3.05) is 19.7 Å². The molecule has 1 aliphatic rings. The van der Waals surface area contributed by atoms with Crippen LogP contribution in [-0.4, -0.2) is 47.9 Å². The lowest BCUT2D eigenvalue weighted by atomic mass is 10.1. The predicted octanol–water partition coefficient (Wildman–Crippen LogP) is 2.74. The van der Waals surface area contributed by atoms with E-state index in [-0.39, 0.29) is 24.7 Å². The van der Waals surface area contributed by atoms with E-state index in [4.69, 9.17) is 4.52 Å². The van der Waals surface area contributed by atoms with Gasteiger partial charge in [-0.25, -0.2) is 0 Å². The molecule has 8 heteroatoms. The van der Waals surface area contributed by atoms with Crippen molar-refractivity contribution in [3.63, 3.8) is 0 Å². The Bertz CT molecular complexity index is 679. The maximum atomic E-state index is 12.1. The number of nitrogens with zero attached hydrogens (tertiary/aromatic N) is 2. The summed E-state index contributed by atoms with van der Waals surface area (Å²) in [5, 5.41) is 3.72. The molecule has 0 unspecified atom stereocenters. The van der Waals surface area contributed by atoms with Crippen LogP contribution in [0.25, 0.3) is 11.3 Å². The largest absolute Gasteiger partial charge is 0.411 e. The fourth-order valence-electron chi connectivity index (χ4n) is 2.20. The molecule has 5 nitrogen and oxygen atoms in total. The highest BCUT2D eigenvalue weighted by atomic mass is 19.4. The molecule has 1 saturated heterocycles. The quantitative estimate of drug-likeness (QED) is 0.867. The third-order valence-corrected chi connectivity index (χ3v) is 3.41. The van der Waals surface area contributed by atoms with E-state index in [9.17, 15) is 18.0 Å². The molecule has 0 N–H and O–H groups in total. The molecule has 2 heterocycles. The van der Waals surface area contributed by atoms with Crippen molar-refractivity contribution in [2.45, 2.75) is 12.3 Å². The SMILES string of the molecule is O=C(c1cc(-c2ccccc2)on1)N1CC(OCC(F)(F)F)C1. The molecule has 0 saturated carbocycles. The highest BCUT2D eigenvalue weighted by Gasteiger charge is 2.36. The van der Waals surface area contributed by atoms with Gasteiger partial charge in [0.2, 0.25) is 0 Å². The molecule has 3 rings (SSSR count). The number of benzene rings is 1. The van der Waals surface area contributed by atoms with Crippen LogP contribution < -0.4 is 0 Å². The Kier molecular flexibility index (Phi) is 4.08. The van der Waals surface area contributed by atoms with Crippen molar-refractivity contribution in [3.05, 3.63) is 42.1 Å². The van der Waals surface area contributed by atoms with E-state index in [1.54, 1.807) is 0 Å². The first-order valence-electron chi connectivity index (χ1n) is 6.92. The standard InChI is InChI=1S/C15H13F3N2O3/c16-15(17,18)9-22-11-7-20(8-11)14(21)12-6-13(23-19-12)10-4-2-1-3-5-10/h1-6,11H,7-9H2. The van der Waals surface area contributed by atoms with Gasteiger partial charge < -0.3 is 14.2 Å². The van der Waals surface area contributed by atoms with Crippen LogP contribution in [0.3, 0.4) is 0 Å². The zero-order chi connectivity index (χ0) is 16.4. The number of ether oxygens (including phenoxy) is 1. The topological polar surface area (TPSA) is 55.6 Å². The second-order valence-electron chi connectivity index (χ2n) is 5.20. The van der Waals surface area contributed by atoms with Crippen LogP contribution in [0.15, 0.2) is 40.9 Å². The molecule has 1 aliphatic heterocycles. The van der Waals surface area contributed by atoms with Gasteiger partial charge in [-0.05, 0) is 0 Å². The normalized spacial score (nSPS) is 15.5. The smallest absolute Gasteiger partial charge is 0.365 e. The summed E-state index contributed by atoms with van der Waals surface area (Å²) in [4.78, 5) is 13.5. The number of rotatable bonds is 4. The first-order valence-corrected chi connectivity index (χ1v) is 6.92. The molecule has 2 aromatic rings. The van der Waals surface area contributed by atoms with Gasteiger partial charge in [0.1, 0.15) is 6.61 Å². The predicted molar refractivity (Wildman–Crippen MR) is 73.6 cm³/mol. The van der Waals surface area contributed by atoms with Crippen molar-refractivity contribution >= 4 is 5.91 Å². The zero-order valence-electron chi connectivity index (χ0n) is 11.9. The van der Waals surface area contributed by atoms with Crippen LogP contribution in [0.2, 0.25) is 0 Å². The molecule has 1 aromatic heterocycles. The molecule has 0 spiro atoms. The first kappa shape index (κ1) is 15.5. The average molecular weight is 326 g/mol. The van der Waals surface area contributed by atoms with Crippen molar-refractivity contribution < 1.29 is 27.2 Å². The first-order chi connectivity index (χ1) is 10.9. The Morgan fingerprint density at radius 1 is 1.30 bits per heavy atom. The van der Waals surface area contributed by atoms with Crippen molar-refractivity contribution in [2.24, 2.45) is 0 Å². The third kappa shape index (κ3) is 3.70. The number of hydrogen-bond acceptors (Lipinski definition) is 4. The van der Waals surface area contributed by atoms with Crippen LogP contribution in [0.1, 0.15) is 10.5 Å². The van der Waals surface area contributed by atoms with E-state index >= 15 is 0 Å². The Morgan fingerprint density at radius 3 is 2.65 bits per heavy atom. The van der Waals surface area contributed by atoms with E-state index < -0.39 is 18.9 Å². The number of carbonyl (C=O) groups is 1. The molecule has 0 aliphatic carbocycles. The van der Waals surface area contributed by atoms with E-state index in [0.29, 0.717) is 5.76 Å². The summed E-state index contributed by atoms with van der Waals surface area (Å²) < 4.78 is 45.9. The minimum Gasteiger partial charge on any atom is -0.365 e. The van der Waals surface area contributed by atoms with Crippen LogP contribution in [0, 0.1) is 0 Å². The summed E-state index contributed by atoms with van der Waals surface area (Å²) in [7, 11) is 0. The number of amides is 1. The van der Waals surface area contributed by atoms with E-state index in [2.05, 4.69) is 9.89 Å². The monoisotopic (exact) mass is 326 g/mol. The van der Waals surface area contributed by atoms with Crippen LogP contribution in [0.5, 0.6) is 0 Å². The minimum atomic E-state index is -4.36. The second-order valence-corrected chi connectivity index (χ2v) is 5.20. The van der Waals surface area contributed by atoms with E-state index in [0.717, 1.165) is 5.56 Å². The number of aromatic nitrogens is 1. The lowest BCUT2D eigenvalue weighted by Gasteiger charge is -2.38. The average Bonchev–Trinajstić information content (AvgIpc) is 2.95. The van der Waals surface area contributed by atoms with Gasteiger partial charge in [-0.1, -0.05) is 35.5 Å². The number of carbonyl (C=O) groups excluding carboxylic acids is 1. The van der Waals surface area contributed by atoms with Crippen LogP contribution >= 0.6 is 0 Å². The zero-order valence-corrected chi connectivity index (χ0v) is 11.9. The Morgan fingerprint density at radius 2 is 2.00 bits per heavy atom. The van der Waals surface area contributed by atoms with Crippen molar-refractivity contribution in [3.8, 4) is 11.3 Å². The summed E-state index contributed by atoms with van der Waals surface area (Å²) >= 11 is 0. The summed E-state index contributed by atoms with van der Waals surface area (Å²) in [6.45, 7) is -1.08. The second kappa shape index (κ2) is 6.04. The molecule has 1 fully saturated rings. The van der Waals surface area contributed by atoms with Gasteiger partial charge in [0, 0.05) is 24.7 Å². The van der Waals surface area contributed by atoms with Gasteiger partial charge in [-0.3, -0.25) is 4.79 Å². The molecular weight excluding hydrogens is 313 g/mol. The number of likely N-dealkylation sites (tertiary alicyclic amines) is 1. The fraction of sp³-hybridized carbons (Fsp3) is 0.333. The highest BCUT2D eigenvalue weighted by Crippen LogP contribution is 2.23. The van der Waals surface area contributed by atoms with Crippen molar-refractivity contribution in [1.29, 1.82) is 0 Å². The highest BCUT2D eigenvalue weighted by molar-refractivity contribution is 5.93. The third-order valence-electron chi connectivity index (χ3n) is 3.41. The Labute approximate surface area is 129 Å². The van der Waals surface area contributed by atoms with Gasteiger partial charge in [0.05, 0.1) is 6.10 Å². The molecule has 0 atom stereocenters. The lowest BCUT2D eigenvalue weighted by molar-refractivity contribution is -0.196. The van der Waals surface area contributed by atoms with Gasteiger partial charge in [0.15, 0.2) is 11.5 Å². The maximum absolute atomic E-state index is 12.1. The van der Waals surface area contributed by atoms with E-state index in [1.807, 2.05) is 30.3 Å². The fourth-order valence-corrected chi connectivity index (χ4v) is 2.20. The molecule has 23 heavy (non-hydrogen) atoms. The Hall–Kier alpha value is -2.35. The number of alkyl halides is 3. The summed E-state index contributed by atoms with van der Waals surface area (Å²) in [6.07, 6.45) is -4.96. The molecule has 1 aromatic carbocycles. The lowest BCUT2D eigenvalue weighted by Crippen LogP contribution is -2.55.